The molecule has 0 spiro atoms. The highest BCUT2D eigenvalue weighted by Crippen LogP contribution is 2.30. The molecule has 2 heterocycles. The maximum atomic E-state index is 12.7. The summed E-state index contributed by atoms with van der Waals surface area (Å²) in [5, 5.41) is 0. The van der Waals surface area contributed by atoms with Crippen molar-refractivity contribution in [2.75, 3.05) is 6.61 Å². The second-order valence-corrected chi connectivity index (χ2v) is 3.99. The van der Waals surface area contributed by atoms with Gasteiger partial charge in [0.15, 0.2) is 5.69 Å². The van der Waals surface area contributed by atoms with Crippen molar-refractivity contribution in [3.63, 3.8) is 0 Å². The van der Waals surface area contributed by atoms with Gasteiger partial charge in [0.25, 0.3) is 0 Å². The molecule has 2 rings (SSSR count). The Morgan fingerprint density at radius 2 is 2.11 bits per heavy atom. The third-order valence-electron chi connectivity index (χ3n) is 2.55. The van der Waals surface area contributed by atoms with Crippen molar-refractivity contribution in [1.82, 2.24) is 9.38 Å². The van der Waals surface area contributed by atoms with E-state index in [9.17, 15) is 18.0 Å². The van der Waals surface area contributed by atoms with E-state index >= 15 is 0 Å². The molecule has 102 valence electrons. The van der Waals surface area contributed by atoms with E-state index < -0.39 is 17.7 Å². The number of ether oxygens (including phenoxy) is 1. The maximum Gasteiger partial charge on any atom is 0.417 e. The number of nitrogens with zero attached hydrogens (tertiary/aromatic N) is 2. The number of carbonyl (C=O) groups excluding carboxylic acids is 1. The Morgan fingerprint density at radius 3 is 2.68 bits per heavy atom. The molecule has 7 heteroatoms. The Bertz CT molecular complexity index is 632. The smallest absolute Gasteiger partial charge is 0.417 e. The minimum absolute atomic E-state index is 0.00993. The average Bonchev–Trinajstić information content (AvgIpc) is 2.72. The van der Waals surface area contributed by atoms with E-state index in [1.165, 1.54) is 17.5 Å². The largest absolute Gasteiger partial charge is 0.461 e. The van der Waals surface area contributed by atoms with Gasteiger partial charge in [-0.3, -0.25) is 0 Å². The third-order valence-corrected chi connectivity index (χ3v) is 2.55. The molecule has 0 unspecified atom stereocenters. The molecule has 0 aromatic carbocycles. The molecule has 0 aliphatic rings. The Balaban J connectivity index is 2.54. The van der Waals surface area contributed by atoms with Gasteiger partial charge in [-0.2, -0.15) is 13.2 Å². The molecule has 0 bridgehead atoms. The molecular formula is C12H11F3N2O2. The van der Waals surface area contributed by atoms with Gasteiger partial charge in [-0.1, -0.05) is 0 Å². The number of aromatic nitrogens is 2. The van der Waals surface area contributed by atoms with Crippen LogP contribution in [0.3, 0.4) is 0 Å². The summed E-state index contributed by atoms with van der Waals surface area (Å²) in [5.41, 5.74) is -0.156. The Kier molecular flexibility index (Phi) is 3.21. The predicted octanol–water partition coefficient (Wildman–Crippen LogP) is 2.84. The number of rotatable bonds is 2. The maximum absolute atomic E-state index is 12.7. The second kappa shape index (κ2) is 4.56. The van der Waals surface area contributed by atoms with Crippen molar-refractivity contribution in [2.45, 2.75) is 20.0 Å². The summed E-state index contributed by atoms with van der Waals surface area (Å²) in [7, 11) is 0. The van der Waals surface area contributed by atoms with Crippen molar-refractivity contribution in [1.29, 1.82) is 0 Å². The SMILES string of the molecule is CCOC(=O)c1cn2cc(C(F)(F)F)cc(C)c2n1. The summed E-state index contributed by atoms with van der Waals surface area (Å²) in [6, 6.07) is 0.997. The number of pyridine rings is 1. The summed E-state index contributed by atoms with van der Waals surface area (Å²) in [6.07, 6.45) is -2.30. The number of carbonyl (C=O) groups is 1. The fraction of sp³-hybridized carbons (Fsp3) is 0.333. The van der Waals surface area contributed by atoms with Crippen molar-refractivity contribution >= 4 is 11.6 Å². The first kappa shape index (κ1) is 13.4. The first-order valence-corrected chi connectivity index (χ1v) is 5.56. The number of aryl methyl sites for hydroxylation is 1. The highest BCUT2D eigenvalue weighted by atomic mass is 19.4. The standard InChI is InChI=1S/C12H11F3N2O2/c1-3-19-11(18)9-6-17-5-8(12(13,14)15)4-7(2)10(17)16-9/h4-6H,3H2,1-2H3. The van der Waals surface area contributed by atoms with Gasteiger partial charge in [-0.05, 0) is 25.5 Å². The Morgan fingerprint density at radius 1 is 1.42 bits per heavy atom. The topological polar surface area (TPSA) is 43.6 Å². The summed E-state index contributed by atoms with van der Waals surface area (Å²) < 4.78 is 43.9. The van der Waals surface area contributed by atoms with Gasteiger partial charge < -0.3 is 9.14 Å². The zero-order chi connectivity index (χ0) is 14.2. The zero-order valence-electron chi connectivity index (χ0n) is 10.3. The van der Waals surface area contributed by atoms with Crippen LogP contribution in [-0.2, 0) is 10.9 Å². The van der Waals surface area contributed by atoms with Gasteiger partial charge >= 0.3 is 12.1 Å². The molecule has 0 saturated carbocycles. The molecular weight excluding hydrogens is 261 g/mol. The number of esters is 1. The lowest BCUT2D eigenvalue weighted by Crippen LogP contribution is -2.07. The lowest BCUT2D eigenvalue weighted by atomic mass is 10.2. The van der Waals surface area contributed by atoms with E-state index in [1.54, 1.807) is 6.92 Å². The van der Waals surface area contributed by atoms with Crippen LogP contribution < -0.4 is 0 Å². The van der Waals surface area contributed by atoms with Crippen LogP contribution in [0.5, 0.6) is 0 Å². The number of fused-ring (bicyclic) bond motifs is 1. The molecule has 19 heavy (non-hydrogen) atoms. The molecule has 0 aliphatic heterocycles. The molecule has 0 radical (unpaired) electrons. The van der Waals surface area contributed by atoms with E-state index in [-0.39, 0.29) is 12.3 Å². The highest BCUT2D eigenvalue weighted by molar-refractivity contribution is 5.88. The fourth-order valence-electron chi connectivity index (χ4n) is 1.73. The second-order valence-electron chi connectivity index (χ2n) is 3.99. The summed E-state index contributed by atoms with van der Waals surface area (Å²) >= 11 is 0. The van der Waals surface area contributed by atoms with Crippen LogP contribution in [0.4, 0.5) is 13.2 Å². The minimum atomic E-state index is -4.44. The number of hydrogen-bond acceptors (Lipinski definition) is 3. The van der Waals surface area contributed by atoms with Gasteiger partial charge in [-0.25, -0.2) is 9.78 Å². The Labute approximate surface area is 106 Å². The number of halogens is 3. The molecule has 2 aromatic heterocycles. The fourth-order valence-corrected chi connectivity index (χ4v) is 1.73. The molecule has 0 saturated heterocycles. The van der Waals surface area contributed by atoms with Crippen molar-refractivity contribution < 1.29 is 22.7 Å². The van der Waals surface area contributed by atoms with Crippen LogP contribution in [0.1, 0.15) is 28.5 Å². The van der Waals surface area contributed by atoms with E-state index in [4.69, 9.17) is 4.74 Å². The molecule has 0 atom stereocenters. The minimum Gasteiger partial charge on any atom is -0.461 e. The molecule has 0 amide bonds. The van der Waals surface area contributed by atoms with Crippen LogP contribution in [0.2, 0.25) is 0 Å². The lowest BCUT2D eigenvalue weighted by molar-refractivity contribution is -0.137. The summed E-state index contributed by atoms with van der Waals surface area (Å²) in [4.78, 5) is 15.5. The summed E-state index contributed by atoms with van der Waals surface area (Å²) in [5.74, 6) is -0.654. The van der Waals surface area contributed by atoms with Gasteiger partial charge in [-0.15, -0.1) is 0 Å². The molecule has 0 N–H and O–H groups in total. The first-order valence-electron chi connectivity index (χ1n) is 5.56. The van der Waals surface area contributed by atoms with Gasteiger partial charge in [0, 0.05) is 12.4 Å². The molecule has 0 fully saturated rings. The van der Waals surface area contributed by atoms with E-state index in [0.717, 1.165) is 12.3 Å². The van der Waals surface area contributed by atoms with Crippen molar-refractivity contribution in [3.8, 4) is 0 Å². The lowest BCUT2D eigenvalue weighted by Gasteiger charge is -2.08. The normalized spacial score (nSPS) is 11.8. The van der Waals surface area contributed by atoms with Crippen LogP contribution in [0.25, 0.3) is 5.65 Å². The van der Waals surface area contributed by atoms with Gasteiger partial charge in [0.2, 0.25) is 0 Å². The van der Waals surface area contributed by atoms with Crippen LogP contribution in [0, 0.1) is 6.92 Å². The number of hydrogen-bond donors (Lipinski definition) is 0. The molecule has 4 nitrogen and oxygen atoms in total. The van der Waals surface area contributed by atoms with E-state index in [2.05, 4.69) is 4.98 Å². The quantitative estimate of drug-likeness (QED) is 0.789. The summed E-state index contributed by atoms with van der Waals surface area (Å²) in [6.45, 7) is 3.33. The zero-order valence-corrected chi connectivity index (χ0v) is 10.3. The monoisotopic (exact) mass is 272 g/mol. The number of alkyl halides is 3. The third kappa shape index (κ3) is 2.54. The van der Waals surface area contributed by atoms with Gasteiger partial charge in [0.05, 0.1) is 12.2 Å². The van der Waals surface area contributed by atoms with Crippen LogP contribution in [-0.4, -0.2) is 22.0 Å². The number of imidazole rings is 1. The van der Waals surface area contributed by atoms with E-state index in [1.807, 2.05) is 0 Å². The van der Waals surface area contributed by atoms with Crippen LogP contribution >= 0.6 is 0 Å². The molecule has 0 aliphatic carbocycles. The Hall–Kier alpha value is -2.05. The van der Waals surface area contributed by atoms with Crippen molar-refractivity contribution in [3.05, 3.63) is 35.3 Å². The van der Waals surface area contributed by atoms with Crippen LogP contribution in [0.15, 0.2) is 18.5 Å². The predicted molar refractivity (Wildman–Crippen MR) is 60.9 cm³/mol. The highest BCUT2D eigenvalue weighted by Gasteiger charge is 2.31. The first-order chi connectivity index (χ1) is 8.82. The average molecular weight is 272 g/mol. The van der Waals surface area contributed by atoms with Crippen molar-refractivity contribution in [2.24, 2.45) is 0 Å². The van der Waals surface area contributed by atoms with Gasteiger partial charge in [0.1, 0.15) is 5.65 Å². The van der Waals surface area contributed by atoms with E-state index in [0.29, 0.717) is 11.2 Å². The molecule has 2 aromatic rings.